The normalized spacial score (nSPS) is 13.0. The molecule has 86 valence electrons. The molecule has 3 nitrogen and oxygen atoms in total. The molecule has 0 bridgehead atoms. The number of rotatable bonds is 3. The number of methoxy groups -OCH3 is 1. The maximum atomic E-state index is 9.71. The van der Waals surface area contributed by atoms with Crippen LogP contribution in [0.5, 0.6) is 5.75 Å². The van der Waals surface area contributed by atoms with E-state index in [-0.39, 0.29) is 0 Å². The molecule has 0 fully saturated rings. The zero-order valence-corrected chi connectivity index (χ0v) is 9.90. The van der Waals surface area contributed by atoms with Gasteiger partial charge in [0.05, 0.1) is 18.7 Å². The van der Waals surface area contributed by atoms with Crippen LogP contribution in [0.15, 0.2) is 24.4 Å². The van der Waals surface area contributed by atoms with Crippen LogP contribution in [0.2, 0.25) is 0 Å². The summed E-state index contributed by atoms with van der Waals surface area (Å²) in [4.78, 5) is 0. The summed E-state index contributed by atoms with van der Waals surface area (Å²) in [6, 6.07) is 5.93. The van der Waals surface area contributed by atoms with Gasteiger partial charge in [0, 0.05) is 29.8 Å². The van der Waals surface area contributed by atoms with E-state index in [2.05, 4.69) is 11.5 Å². The van der Waals surface area contributed by atoms with Gasteiger partial charge in [-0.3, -0.25) is 0 Å². The molecule has 2 aromatic rings. The van der Waals surface area contributed by atoms with Crippen LogP contribution in [0.1, 0.15) is 25.5 Å². The lowest BCUT2D eigenvalue weighted by molar-refractivity contribution is 0.200. The van der Waals surface area contributed by atoms with Crippen LogP contribution in [0.25, 0.3) is 10.9 Å². The molecule has 1 heterocycles. The summed E-state index contributed by atoms with van der Waals surface area (Å²) in [5, 5.41) is 10.8. The molecule has 2 rings (SSSR count). The number of aliphatic hydroxyl groups is 1. The standard InChI is InChI=1S/C13H17NO2/c1-4-14-8-12(9(2)15)11-6-5-10(16-3)7-13(11)14/h5-9,15H,4H2,1-3H3. The zero-order chi connectivity index (χ0) is 11.7. The van der Waals surface area contributed by atoms with Crippen molar-refractivity contribution < 1.29 is 9.84 Å². The van der Waals surface area contributed by atoms with Crippen LogP contribution < -0.4 is 4.74 Å². The molecular formula is C13H17NO2. The number of ether oxygens (including phenoxy) is 1. The maximum absolute atomic E-state index is 9.71. The van der Waals surface area contributed by atoms with Crippen LogP contribution in [-0.2, 0) is 6.54 Å². The minimum absolute atomic E-state index is 0.441. The van der Waals surface area contributed by atoms with E-state index in [9.17, 15) is 5.11 Å². The Balaban J connectivity index is 2.69. The number of fused-ring (bicyclic) bond motifs is 1. The van der Waals surface area contributed by atoms with Gasteiger partial charge in [-0.1, -0.05) is 0 Å². The van der Waals surface area contributed by atoms with E-state index >= 15 is 0 Å². The summed E-state index contributed by atoms with van der Waals surface area (Å²) in [5.74, 6) is 0.845. The second-order valence-corrected chi connectivity index (χ2v) is 3.93. The number of benzene rings is 1. The van der Waals surface area contributed by atoms with Crippen molar-refractivity contribution in [3.8, 4) is 5.75 Å². The van der Waals surface area contributed by atoms with Gasteiger partial charge in [0.1, 0.15) is 5.75 Å². The third kappa shape index (κ3) is 1.67. The molecular weight excluding hydrogens is 202 g/mol. The smallest absolute Gasteiger partial charge is 0.120 e. The summed E-state index contributed by atoms with van der Waals surface area (Å²) in [5.41, 5.74) is 2.08. The minimum Gasteiger partial charge on any atom is -0.497 e. The van der Waals surface area contributed by atoms with Crippen molar-refractivity contribution in [3.63, 3.8) is 0 Å². The average molecular weight is 219 g/mol. The van der Waals surface area contributed by atoms with E-state index in [0.29, 0.717) is 0 Å². The second-order valence-electron chi connectivity index (χ2n) is 3.93. The monoisotopic (exact) mass is 219 g/mol. The SMILES string of the molecule is CCn1cc(C(C)O)c2ccc(OC)cc21. The van der Waals surface area contributed by atoms with Crippen molar-refractivity contribution in [2.45, 2.75) is 26.5 Å². The molecule has 0 radical (unpaired) electrons. The fourth-order valence-corrected chi connectivity index (χ4v) is 2.02. The summed E-state index contributed by atoms with van der Waals surface area (Å²) in [6.45, 7) is 4.76. The van der Waals surface area contributed by atoms with Crippen LogP contribution in [0.3, 0.4) is 0 Å². The number of aliphatic hydroxyl groups excluding tert-OH is 1. The molecule has 1 unspecified atom stereocenters. The maximum Gasteiger partial charge on any atom is 0.120 e. The molecule has 1 aromatic heterocycles. The Morgan fingerprint density at radius 2 is 2.19 bits per heavy atom. The van der Waals surface area contributed by atoms with Crippen molar-refractivity contribution in [2.24, 2.45) is 0 Å². The van der Waals surface area contributed by atoms with Gasteiger partial charge in [-0.25, -0.2) is 0 Å². The number of nitrogens with zero attached hydrogens (tertiary/aromatic N) is 1. The van der Waals surface area contributed by atoms with Crippen LogP contribution in [0.4, 0.5) is 0 Å². The highest BCUT2D eigenvalue weighted by atomic mass is 16.5. The molecule has 0 aliphatic carbocycles. The summed E-state index contributed by atoms with van der Waals surface area (Å²) >= 11 is 0. The largest absolute Gasteiger partial charge is 0.497 e. The molecule has 0 aliphatic rings. The van der Waals surface area contributed by atoms with Gasteiger partial charge in [0.25, 0.3) is 0 Å². The molecule has 0 aliphatic heterocycles. The Hall–Kier alpha value is -1.48. The van der Waals surface area contributed by atoms with E-state index < -0.39 is 6.10 Å². The van der Waals surface area contributed by atoms with Gasteiger partial charge in [-0.15, -0.1) is 0 Å². The van der Waals surface area contributed by atoms with E-state index in [1.54, 1.807) is 14.0 Å². The van der Waals surface area contributed by atoms with Gasteiger partial charge < -0.3 is 14.4 Å². The van der Waals surface area contributed by atoms with E-state index in [0.717, 1.165) is 28.8 Å². The fourth-order valence-electron chi connectivity index (χ4n) is 2.02. The van der Waals surface area contributed by atoms with Gasteiger partial charge >= 0.3 is 0 Å². The predicted molar refractivity (Wildman–Crippen MR) is 64.8 cm³/mol. The third-order valence-electron chi connectivity index (χ3n) is 2.91. The number of hydrogen-bond donors (Lipinski definition) is 1. The summed E-state index contributed by atoms with van der Waals surface area (Å²) < 4.78 is 7.34. The first-order valence-electron chi connectivity index (χ1n) is 5.52. The van der Waals surface area contributed by atoms with E-state index in [4.69, 9.17) is 4.74 Å². The van der Waals surface area contributed by atoms with Gasteiger partial charge in [0.15, 0.2) is 0 Å². The minimum atomic E-state index is -0.441. The quantitative estimate of drug-likeness (QED) is 0.861. The molecule has 3 heteroatoms. The number of hydrogen-bond acceptors (Lipinski definition) is 2. The first-order chi connectivity index (χ1) is 7.67. The van der Waals surface area contributed by atoms with Gasteiger partial charge in [-0.05, 0) is 26.0 Å². The molecule has 0 spiro atoms. The summed E-state index contributed by atoms with van der Waals surface area (Å²) in [6.07, 6.45) is 1.57. The first-order valence-corrected chi connectivity index (χ1v) is 5.52. The fraction of sp³-hybridized carbons (Fsp3) is 0.385. The molecule has 1 aromatic carbocycles. The summed E-state index contributed by atoms with van der Waals surface area (Å²) in [7, 11) is 1.66. The molecule has 1 N–H and O–H groups in total. The van der Waals surface area contributed by atoms with Crippen molar-refractivity contribution in [1.82, 2.24) is 4.57 Å². The van der Waals surface area contributed by atoms with Gasteiger partial charge in [-0.2, -0.15) is 0 Å². The Kier molecular flexibility index (Phi) is 2.88. The third-order valence-corrected chi connectivity index (χ3v) is 2.91. The van der Waals surface area contributed by atoms with Crippen molar-refractivity contribution in [3.05, 3.63) is 30.0 Å². The van der Waals surface area contributed by atoms with Crippen molar-refractivity contribution in [1.29, 1.82) is 0 Å². The van der Waals surface area contributed by atoms with E-state index in [1.165, 1.54) is 0 Å². The Morgan fingerprint density at radius 1 is 1.44 bits per heavy atom. The van der Waals surface area contributed by atoms with Crippen molar-refractivity contribution >= 4 is 10.9 Å². The molecule has 0 saturated carbocycles. The van der Waals surface area contributed by atoms with Crippen LogP contribution in [-0.4, -0.2) is 16.8 Å². The van der Waals surface area contributed by atoms with Crippen molar-refractivity contribution in [2.75, 3.05) is 7.11 Å². The topological polar surface area (TPSA) is 34.4 Å². The number of aryl methyl sites for hydroxylation is 1. The molecule has 0 amide bonds. The lowest BCUT2D eigenvalue weighted by atomic mass is 10.1. The molecule has 0 saturated heterocycles. The predicted octanol–water partition coefficient (Wildman–Crippen LogP) is 2.72. The number of aromatic nitrogens is 1. The Labute approximate surface area is 95.3 Å². The Morgan fingerprint density at radius 3 is 2.75 bits per heavy atom. The van der Waals surface area contributed by atoms with Crippen LogP contribution >= 0.6 is 0 Å². The molecule has 16 heavy (non-hydrogen) atoms. The first kappa shape index (κ1) is 11.0. The lowest BCUT2D eigenvalue weighted by Gasteiger charge is -2.03. The average Bonchev–Trinajstić information content (AvgIpc) is 2.66. The van der Waals surface area contributed by atoms with E-state index in [1.807, 2.05) is 24.4 Å². The van der Waals surface area contributed by atoms with Gasteiger partial charge in [0.2, 0.25) is 0 Å². The molecule has 1 atom stereocenters. The Bertz CT molecular complexity index is 500. The lowest BCUT2D eigenvalue weighted by Crippen LogP contribution is -1.91. The highest BCUT2D eigenvalue weighted by Gasteiger charge is 2.12. The highest BCUT2D eigenvalue weighted by Crippen LogP contribution is 2.29. The highest BCUT2D eigenvalue weighted by molar-refractivity contribution is 5.85. The second kappa shape index (κ2) is 4.18. The van der Waals surface area contributed by atoms with Crippen LogP contribution in [0, 0.1) is 0 Å². The zero-order valence-electron chi connectivity index (χ0n) is 9.90.